The molecule has 6 nitrogen and oxygen atoms in total. The number of hydrogen-bond acceptors (Lipinski definition) is 5. The van der Waals surface area contributed by atoms with Crippen LogP contribution in [0.15, 0.2) is 23.2 Å². The molecule has 1 atom stereocenters. The summed E-state index contributed by atoms with van der Waals surface area (Å²) in [6.45, 7) is 1.51. The van der Waals surface area contributed by atoms with Crippen molar-refractivity contribution in [2.45, 2.75) is 18.6 Å². The minimum atomic E-state index is -0.625. The molecule has 2 heterocycles. The molecule has 3 rings (SSSR count). The number of nitrogens with zero attached hydrogens (tertiary/aromatic N) is 2. The summed E-state index contributed by atoms with van der Waals surface area (Å²) in [7, 11) is 3.74. The van der Waals surface area contributed by atoms with Gasteiger partial charge >= 0.3 is 0 Å². The summed E-state index contributed by atoms with van der Waals surface area (Å²) in [5.41, 5.74) is 0.495. The number of benzene rings is 1. The predicted octanol–water partition coefficient (Wildman–Crippen LogP) is 1.29. The lowest BCUT2D eigenvalue weighted by molar-refractivity contribution is 0.0718. The second-order valence-electron chi connectivity index (χ2n) is 5.97. The third-order valence-corrected chi connectivity index (χ3v) is 5.32. The van der Waals surface area contributed by atoms with Crippen molar-refractivity contribution < 1.29 is 14.6 Å². The molecule has 0 aliphatic carbocycles. The van der Waals surface area contributed by atoms with Crippen molar-refractivity contribution in [2.24, 2.45) is 4.99 Å². The normalized spacial score (nSPS) is 23.2. The van der Waals surface area contributed by atoms with Crippen molar-refractivity contribution >= 4 is 17.7 Å². The van der Waals surface area contributed by atoms with Gasteiger partial charge in [0.25, 0.3) is 0 Å². The molecule has 23 heavy (non-hydrogen) atoms. The van der Waals surface area contributed by atoms with Gasteiger partial charge < -0.3 is 24.8 Å². The average molecular weight is 337 g/mol. The van der Waals surface area contributed by atoms with Crippen LogP contribution in [-0.4, -0.2) is 60.5 Å². The first-order valence-corrected chi connectivity index (χ1v) is 8.85. The van der Waals surface area contributed by atoms with Crippen LogP contribution >= 0.6 is 11.8 Å². The van der Waals surface area contributed by atoms with Crippen LogP contribution in [0.1, 0.15) is 12.0 Å². The number of rotatable bonds is 4. The zero-order valence-electron chi connectivity index (χ0n) is 13.5. The van der Waals surface area contributed by atoms with Gasteiger partial charge in [0, 0.05) is 32.9 Å². The number of guanidine groups is 1. The smallest absolute Gasteiger partial charge is 0.231 e. The molecule has 0 spiro atoms. The maximum atomic E-state index is 10.4. The minimum absolute atomic E-state index is 0.286. The molecule has 2 aliphatic heterocycles. The summed E-state index contributed by atoms with van der Waals surface area (Å²) in [6, 6.07) is 5.95. The monoisotopic (exact) mass is 337 g/mol. The summed E-state index contributed by atoms with van der Waals surface area (Å²) in [4.78, 5) is 6.34. The van der Waals surface area contributed by atoms with Crippen molar-refractivity contribution in [2.75, 3.05) is 38.9 Å². The number of fused-ring (bicyclic) bond motifs is 1. The Labute approximate surface area is 140 Å². The fourth-order valence-corrected chi connectivity index (χ4v) is 4.05. The molecular weight excluding hydrogens is 314 g/mol. The Kier molecular flexibility index (Phi) is 4.87. The number of ether oxygens (including phenoxy) is 2. The van der Waals surface area contributed by atoms with Crippen LogP contribution in [0.4, 0.5) is 0 Å². The van der Waals surface area contributed by atoms with Gasteiger partial charge in [0.05, 0.1) is 5.60 Å². The van der Waals surface area contributed by atoms with Gasteiger partial charge in [0.15, 0.2) is 17.5 Å². The first-order valence-electron chi connectivity index (χ1n) is 7.70. The maximum absolute atomic E-state index is 10.4. The highest BCUT2D eigenvalue weighted by molar-refractivity contribution is 7.99. The second kappa shape index (κ2) is 6.88. The van der Waals surface area contributed by atoms with Gasteiger partial charge in [0.2, 0.25) is 6.79 Å². The maximum Gasteiger partial charge on any atom is 0.231 e. The molecule has 1 aromatic rings. The fourth-order valence-electron chi connectivity index (χ4n) is 2.75. The van der Waals surface area contributed by atoms with E-state index >= 15 is 0 Å². The van der Waals surface area contributed by atoms with Gasteiger partial charge in [-0.3, -0.25) is 4.99 Å². The van der Waals surface area contributed by atoms with Crippen molar-refractivity contribution in [3.8, 4) is 11.5 Å². The summed E-state index contributed by atoms with van der Waals surface area (Å²) in [6.07, 6.45) is 0.827. The Morgan fingerprint density at radius 3 is 3.00 bits per heavy atom. The summed E-state index contributed by atoms with van der Waals surface area (Å²) in [5.74, 6) is 4.15. The summed E-state index contributed by atoms with van der Waals surface area (Å²) >= 11 is 1.79. The molecule has 0 saturated carbocycles. The molecule has 0 radical (unpaired) electrons. The van der Waals surface area contributed by atoms with Gasteiger partial charge in [-0.2, -0.15) is 11.8 Å². The van der Waals surface area contributed by atoms with Crippen molar-refractivity contribution in [1.82, 2.24) is 10.2 Å². The van der Waals surface area contributed by atoms with E-state index in [1.807, 2.05) is 30.1 Å². The first kappa shape index (κ1) is 16.3. The van der Waals surface area contributed by atoms with Crippen molar-refractivity contribution in [1.29, 1.82) is 0 Å². The van der Waals surface area contributed by atoms with Crippen LogP contribution < -0.4 is 14.8 Å². The Morgan fingerprint density at radius 2 is 2.26 bits per heavy atom. The molecule has 7 heteroatoms. The van der Waals surface area contributed by atoms with E-state index < -0.39 is 5.60 Å². The summed E-state index contributed by atoms with van der Waals surface area (Å²) in [5, 5.41) is 13.7. The van der Waals surface area contributed by atoms with Gasteiger partial charge in [-0.05, 0) is 29.9 Å². The third-order valence-electron chi connectivity index (χ3n) is 4.09. The van der Waals surface area contributed by atoms with Crippen molar-refractivity contribution in [3.05, 3.63) is 23.8 Å². The van der Waals surface area contributed by atoms with Gasteiger partial charge in [-0.1, -0.05) is 6.07 Å². The highest BCUT2D eigenvalue weighted by Gasteiger charge is 2.31. The quantitative estimate of drug-likeness (QED) is 0.638. The number of hydrogen-bond donors (Lipinski definition) is 2. The van der Waals surface area contributed by atoms with Crippen molar-refractivity contribution in [3.63, 3.8) is 0 Å². The standard InChI is InChI=1S/C16H23N3O3S/c1-17-15(18-9-16(20)5-6-23-10-16)19(2)8-12-3-4-13-14(7-12)22-11-21-13/h3-4,7,20H,5-6,8-11H2,1-2H3,(H,17,18). The van der Waals surface area contributed by atoms with E-state index in [4.69, 9.17) is 9.47 Å². The lowest BCUT2D eigenvalue weighted by Gasteiger charge is -2.27. The van der Waals surface area contributed by atoms with Crippen LogP contribution in [0.2, 0.25) is 0 Å². The van der Waals surface area contributed by atoms with E-state index in [-0.39, 0.29) is 6.79 Å². The van der Waals surface area contributed by atoms with E-state index in [1.54, 1.807) is 18.8 Å². The van der Waals surface area contributed by atoms with Gasteiger partial charge in [0.1, 0.15) is 0 Å². The molecule has 0 amide bonds. The van der Waals surface area contributed by atoms with E-state index in [1.165, 1.54) is 0 Å². The third kappa shape index (κ3) is 3.84. The molecule has 2 aliphatic rings. The molecular formula is C16H23N3O3S. The number of thioether (sulfide) groups is 1. The van der Waals surface area contributed by atoms with E-state index in [0.717, 1.165) is 40.9 Å². The van der Waals surface area contributed by atoms with Gasteiger partial charge in [-0.15, -0.1) is 0 Å². The zero-order valence-corrected chi connectivity index (χ0v) is 14.4. The van der Waals surface area contributed by atoms with E-state index in [2.05, 4.69) is 10.3 Å². The number of aliphatic hydroxyl groups is 1. The Balaban J connectivity index is 1.58. The highest BCUT2D eigenvalue weighted by atomic mass is 32.2. The Hall–Kier alpha value is -1.60. The SMILES string of the molecule is CN=C(NCC1(O)CCSC1)N(C)Cc1ccc2c(c1)OCO2. The molecule has 0 aromatic heterocycles. The zero-order chi connectivity index (χ0) is 16.3. The van der Waals surface area contributed by atoms with Crippen LogP contribution in [0.5, 0.6) is 11.5 Å². The predicted molar refractivity (Wildman–Crippen MR) is 92.3 cm³/mol. The molecule has 126 valence electrons. The summed E-state index contributed by atoms with van der Waals surface area (Å²) < 4.78 is 10.7. The fraction of sp³-hybridized carbons (Fsp3) is 0.562. The Morgan fingerprint density at radius 1 is 1.43 bits per heavy atom. The van der Waals surface area contributed by atoms with Gasteiger partial charge in [-0.25, -0.2) is 0 Å². The molecule has 1 aromatic carbocycles. The average Bonchev–Trinajstić information content (AvgIpc) is 3.16. The lowest BCUT2D eigenvalue weighted by atomic mass is 10.0. The topological polar surface area (TPSA) is 66.3 Å². The lowest BCUT2D eigenvalue weighted by Crippen LogP contribution is -2.47. The van der Waals surface area contributed by atoms with Crippen LogP contribution in [-0.2, 0) is 6.54 Å². The molecule has 1 fully saturated rings. The second-order valence-corrected chi connectivity index (χ2v) is 7.08. The highest BCUT2D eigenvalue weighted by Crippen LogP contribution is 2.32. The van der Waals surface area contributed by atoms with Crippen LogP contribution in [0.3, 0.4) is 0 Å². The Bertz CT molecular complexity index is 588. The number of aliphatic imine (C=N–C) groups is 1. The molecule has 1 saturated heterocycles. The molecule has 2 N–H and O–H groups in total. The largest absolute Gasteiger partial charge is 0.454 e. The van der Waals surface area contributed by atoms with Crippen LogP contribution in [0, 0.1) is 0 Å². The van der Waals surface area contributed by atoms with E-state index in [0.29, 0.717) is 13.1 Å². The minimum Gasteiger partial charge on any atom is -0.454 e. The van der Waals surface area contributed by atoms with Crippen LogP contribution in [0.25, 0.3) is 0 Å². The molecule has 1 unspecified atom stereocenters. The van der Waals surface area contributed by atoms with E-state index in [9.17, 15) is 5.11 Å². The first-order chi connectivity index (χ1) is 11.1. The number of nitrogens with one attached hydrogen (secondary N) is 1. The molecule has 0 bridgehead atoms.